The Labute approximate surface area is 125 Å². The molecule has 1 fully saturated rings. The van der Waals surface area contributed by atoms with Gasteiger partial charge in [0.1, 0.15) is 0 Å². The van der Waals surface area contributed by atoms with Crippen molar-refractivity contribution in [3.05, 3.63) is 28.7 Å². The zero-order valence-electron chi connectivity index (χ0n) is 12.1. The molecule has 0 radical (unpaired) electrons. The number of aryl methyl sites for hydroxylation is 1. The number of nitrogens with one attached hydrogen (secondary N) is 2. The normalized spacial score (nSPS) is 22.4. The van der Waals surface area contributed by atoms with Crippen molar-refractivity contribution in [3.63, 3.8) is 0 Å². The fourth-order valence-corrected chi connectivity index (χ4v) is 2.44. The summed E-state index contributed by atoms with van der Waals surface area (Å²) in [7, 11) is 0. The number of rotatable bonds is 3. The van der Waals surface area contributed by atoms with E-state index in [0.717, 1.165) is 0 Å². The van der Waals surface area contributed by atoms with Gasteiger partial charge in [-0.3, -0.25) is 9.59 Å². The summed E-state index contributed by atoms with van der Waals surface area (Å²) in [4.78, 5) is 23.5. The lowest BCUT2D eigenvalue weighted by atomic mass is 9.94. The van der Waals surface area contributed by atoms with Gasteiger partial charge in [0.05, 0.1) is 17.6 Å². The van der Waals surface area contributed by atoms with Crippen LogP contribution in [0.4, 0.5) is 18.9 Å². The number of alkyl halides is 3. The first-order valence-corrected chi connectivity index (χ1v) is 7.12. The second-order valence-electron chi connectivity index (χ2n) is 5.31. The molecular weight excluding hydrogens is 299 g/mol. The van der Waals surface area contributed by atoms with E-state index in [-0.39, 0.29) is 30.9 Å². The Morgan fingerprint density at radius 2 is 2.14 bits per heavy atom. The zero-order valence-corrected chi connectivity index (χ0v) is 12.1. The molecule has 1 aliphatic rings. The van der Waals surface area contributed by atoms with Gasteiger partial charge in [0, 0.05) is 25.4 Å². The molecule has 2 heterocycles. The highest BCUT2D eigenvalue weighted by atomic mass is 19.4. The van der Waals surface area contributed by atoms with Gasteiger partial charge in [0.2, 0.25) is 5.91 Å². The number of carbonyl (C=O) groups is 1. The topological polar surface area (TPSA) is 63.1 Å². The Morgan fingerprint density at radius 1 is 1.41 bits per heavy atom. The van der Waals surface area contributed by atoms with Gasteiger partial charge in [0.25, 0.3) is 5.56 Å². The summed E-state index contributed by atoms with van der Waals surface area (Å²) < 4.78 is 39.1. The van der Waals surface area contributed by atoms with E-state index in [1.807, 2.05) is 0 Å². The average molecular weight is 317 g/mol. The van der Waals surface area contributed by atoms with E-state index in [1.165, 1.54) is 22.9 Å². The van der Waals surface area contributed by atoms with Crippen molar-refractivity contribution in [3.8, 4) is 0 Å². The molecule has 1 amide bonds. The van der Waals surface area contributed by atoms with Gasteiger partial charge in [0.15, 0.2) is 0 Å². The van der Waals surface area contributed by atoms with Gasteiger partial charge in [-0.15, -0.1) is 0 Å². The van der Waals surface area contributed by atoms with Crippen LogP contribution < -0.4 is 16.2 Å². The molecule has 0 aromatic carbocycles. The molecule has 2 rings (SSSR count). The van der Waals surface area contributed by atoms with Crippen LogP contribution in [0.25, 0.3) is 0 Å². The van der Waals surface area contributed by atoms with Gasteiger partial charge in [-0.25, -0.2) is 0 Å². The lowest BCUT2D eigenvalue weighted by Gasteiger charge is -2.30. The molecule has 8 heteroatoms. The first-order valence-electron chi connectivity index (χ1n) is 7.12. The summed E-state index contributed by atoms with van der Waals surface area (Å²) >= 11 is 0. The van der Waals surface area contributed by atoms with E-state index in [2.05, 4.69) is 10.6 Å². The van der Waals surface area contributed by atoms with Gasteiger partial charge in [-0.05, 0) is 25.8 Å². The minimum absolute atomic E-state index is 0.0664. The molecule has 1 aromatic heterocycles. The van der Waals surface area contributed by atoms with Crippen LogP contribution in [0.15, 0.2) is 23.1 Å². The van der Waals surface area contributed by atoms with E-state index in [0.29, 0.717) is 12.2 Å². The number of aromatic nitrogens is 1. The number of pyridine rings is 1. The third-order valence-electron chi connectivity index (χ3n) is 3.79. The Morgan fingerprint density at radius 3 is 2.68 bits per heavy atom. The number of carbonyl (C=O) groups excluding carboxylic acids is 1. The van der Waals surface area contributed by atoms with Crippen LogP contribution in [0.2, 0.25) is 0 Å². The average Bonchev–Trinajstić information content (AvgIpc) is 2.48. The van der Waals surface area contributed by atoms with E-state index >= 15 is 0 Å². The van der Waals surface area contributed by atoms with E-state index < -0.39 is 18.1 Å². The monoisotopic (exact) mass is 317 g/mol. The molecule has 0 bridgehead atoms. The SMILES string of the molecule is CCn1cc(NC(=O)C2CCC(C(F)(F)F)CN2)ccc1=O. The van der Waals surface area contributed by atoms with Crippen LogP contribution >= 0.6 is 0 Å². The van der Waals surface area contributed by atoms with Crippen molar-refractivity contribution < 1.29 is 18.0 Å². The van der Waals surface area contributed by atoms with Gasteiger partial charge in [-0.1, -0.05) is 0 Å². The highest BCUT2D eigenvalue weighted by Gasteiger charge is 2.42. The lowest BCUT2D eigenvalue weighted by Crippen LogP contribution is -2.49. The highest BCUT2D eigenvalue weighted by Crippen LogP contribution is 2.32. The van der Waals surface area contributed by atoms with Crippen molar-refractivity contribution in [2.45, 2.75) is 38.5 Å². The van der Waals surface area contributed by atoms with Gasteiger partial charge < -0.3 is 15.2 Å². The molecule has 0 aliphatic carbocycles. The molecule has 2 N–H and O–H groups in total. The van der Waals surface area contributed by atoms with Crippen LogP contribution in [0.3, 0.4) is 0 Å². The predicted molar refractivity (Wildman–Crippen MR) is 75.6 cm³/mol. The molecular formula is C14H18F3N3O2. The minimum Gasteiger partial charge on any atom is -0.323 e. The number of amides is 1. The maximum absolute atomic E-state index is 12.6. The fraction of sp³-hybridized carbons (Fsp3) is 0.571. The molecule has 0 spiro atoms. The third kappa shape index (κ3) is 3.88. The van der Waals surface area contributed by atoms with Crippen molar-refractivity contribution in [1.29, 1.82) is 0 Å². The quantitative estimate of drug-likeness (QED) is 0.892. The molecule has 1 aliphatic heterocycles. The number of halogens is 3. The third-order valence-corrected chi connectivity index (χ3v) is 3.79. The Hall–Kier alpha value is -1.83. The van der Waals surface area contributed by atoms with Crippen LogP contribution in [-0.4, -0.2) is 29.2 Å². The molecule has 22 heavy (non-hydrogen) atoms. The van der Waals surface area contributed by atoms with Crippen LogP contribution in [-0.2, 0) is 11.3 Å². The predicted octanol–water partition coefficient (Wildman–Crippen LogP) is 1.74. The molecule has 1 saturated heterocycles. The highest BCUT2D eigenvalue weighted by molar-refractivity contribution is 5.94. The molecule has 0 saturated carbocycles. The summed E-state index contributed by atoms with van der Waals surface area (Å²) in [6.07, 6.45) is -2.65. The summed E-state index contributed by atoms with van der Waals surface area (Å²) in [5, 5.41) is 5.26. The van der Waals surface area contributed by atoms with Crippen molar-refractivity contribution in [1.82, 2.24) is 9.88 Å². The van der Waals surface area contributed by atoms with E-state index in [1.54, 1.807) is 6.92 Å². The maximum Gasteiger partial charge on any atom is 0.393 e. The number of nitrogens with zero attached hydrogens (tertiary/aromatic N) is 1. The summed E-state index contributed by atoms with van der Waals surface area (Å²) in [5.41, 5.74) is 0.274. The number of hydrogen-bond donors (Lipinski definition) is 2. The second-order valence-corrected chi connectivity index (χ2v) is 5.31. The molecule has 2 atom stereocenters. The standard InChI is InChI=1S/C14H18F3N3O2/c1-2-20-8-10(4-6-12(20)21)19-13(22)11-5-3-9(7-18-11)14(15,16)17/h4,6,8-9,11,18H,2-3,5,7H2,1H3,(H,19,22). The molecule has 122 valence electrons. The Kier molecular flexibility index (Phi) is 4.90. The van der Waals surface area contributed by atoms with Crippen molar-refractivity contribution in [2.75, 3.05) is 11.9 Å². The number of hydrogen-bond acceptors (Lipinski definition) is 3. The molecule has 5 nitrogen and oxygen atoms in total. The van der Waals surface area contributed by atoms with E-state index in [9.17, 15) is 22.8 Å². The van der Waals surface area contributed by atoms with Gasteiger partial charge >= 0.3 is 6.18 Å². The first-order chi connectivity index (χ1) is 10.3. The first kappa shape index (κ1) is 16.5. The summed E-state index contributed by atoms with van der Waals surface area (Å²) in [6.45, 7) is 2.01. The lowest BCUT2D eigenvalue weighted by molar-refractivity contribution is -0.180. The van der Waals surface area contributed by atoms with Crippen molar-refractivity contribution in [2.24, 2.45) is 5.92 Å². The Balaban J connectivity index is 1.95. The largest absolute Gasteiger partial charge is 0.393 e. The molecule has 1 aromatic rings. The van der Waals surface area contributed by atoms with Crippen LogP contribution in [0.1, 0.15) is 19.8 Å². The number of piperidine rings is 1. The molecule has 2 unspecified atom stereocenters. The van der Waals surface area contributed by atoms with Gasteiger partial charge in [-0.2, -0.15) is 13.2 Å². The summed E-state index contributed by atoms with van der Waals surface area (Å²) in [5.74, 6) is -1.79. The van der Waals surface area contributed by atoms with Crippen LogP contribution in [0.5, 0.6) is 0 Å². The van der Waals surface area contributed by atoms with Crippen molar-refractivity contribution >= 4 is 11.6 Å². The Bertz CT molecular complexity index is 590. The second kappa shape index (κ2) is 6.51. The minimum atomic E-state index is -4.23. The maximum atomic E-state index is 12.6. The van der Waals surface area contributed by atoms with Crippen LogP contribution in [0, 0.1) is 5.92 Å². The zero-order chi connectivity index (χ0) is 16.3. The fourth-order valence-electron chi connectivity index (χ4n) is 2.44. The number of anilines is 1. The van der Waals surface area contributed by atoms with E-state index in [4.69, 9.17) is 0 Å². The summed E-state index contributed by atoms with van der Waals surface area (Å²) in [6, 6.07) is 2.17. The smallest absolute Gasteiger partial charge is 0.323 e.